The number of hydrogen-bond acceptors (Lipinski definition) is 22. The van der Waals surface area contributed by atoms with Crippen molar-refractivity contribution in [2.75, 3.05) is 33.0 Å². The molecule has 0 radical (unpaired) electrons. The quantitative estimate of drug-likeness (QED) is 0.0645. The fourth-order valence-corrected chi connectivity index (χ4v) is 6.48. The highest BCUT2D eigenvalue weighted by Crippen LogP contribution is 2.34. The van der Waals surface area contributed by atoms with Gasteiger partial charge < -0.3 is 110 Å². The van der Waals surface area contributed by atoms with Crippen LogP contribution in [0.25, 0.3) is 0 Å². The molecular formula is C30H52N2O22. The summed E-state index contributed by atoms with van der Waals surface area (Å²) in [6.07, 6.45) is -31.6. The molecule has 0 aliphatic carbocycles. The third kappa shape index (κ3) is 9.98. The van der Waals surface area contributed by atoms with Crippen LogP contribution in [0.1, 0.15) is 13.8 Å². The molecule has 4 saturated heterocycles. The Labute approximate surface area is 307 Å². The molecule has 4 rings (SSSR count). The second-order valence-electron chi connectivity index (χ2n) is 13.3. The molecule has 0 unspecified atom stereocenters. The van der Waals surface area contributed by atoms with E-state index in [-0.39, 0.29) is 6.61 Å². The zero-order valence-corrected chi connectivity index (χ0v) is 29.2. The zero-order chi connectivity index (χ0) is 40.0. The van der Waals surface area contributed by atoms with Crippen LogP contribution in [0.3, 0.4) is 0 Å². The second-order valence-corrected chi connectivity index (χ2v) is 13.3. The van der Waals surface area contributed by atoms with Crippen molar-refractivity contribution in [2.45, 2.75) is 143 Å². The highest BCUT2D eigenvalue weighted by Gasteiger charge is 2.55. The van der Waals surface area contributed by atoms with Crippen LogP contribution in [0.15, 0.2) is 0 Å². The van der Waals surface area contributed by atoms with Crippen molar-refractivity contribution in [2.24, 2.45) is 0 Å². The standard InChI is InChI=1S/C30H52N2O22/c1-9-16(39)18(41)21(44)29(48-9)53-24-12(4-34)49-27(15(17(24)40)32-10(2)38)52-25-14(6-36)51-30(23(46)20(25)43)54-26-13(5-35)50-28(22(45)19(26)42)47-7-11(3-33)31-8-37/h8-9,11-30,33-36,39-46H,3-7H2,1-2H3,(H,31,37)(H,32,38)/t9-,11+,12+,13+,14+,15+,16+,17+,18+,19+,20+,21-,22+,23+,24-,25-,26+,27-,28+,29-,30-/m0/s1. The van der Waals surface area contributed by atoms with Gasteiger partial charge in [-0.1, -0.05) is 0 Å². The molecule has 4 aliphatic rings. The number of aliphatic hydroxyl groups excluding tert-OH is 12. The first kappa shape index (κ1) is 44.8. The van der Waals surface area contributed by atoms with Gasteiger partial charge in [-0.25, -0.2) is 0 Å². The van der Waals surface area contributed by atoms with Crippen molar-refractivity contribution in [1.82, 2.24) is 10.6 Å². The number of carbonyl (C=O) groups is 2. The van der Waals surface area contributed by atoms with Crippen molar-refractivity contribution in [1.29, 1.82) is 0 Å². The Balaban J connectivity index is 1.46. The maximum absolute atomic E-state index is 12.2. The Hall–Kier alpha value is -1.86. The van der Waals surface area contributed by atoms with E-state index < -0.39 is 161 Å². The van der Waals surface area contributed by atoms with Crippen molar-refractivity contribution in [3.63, 3.8) is 0 Å². The first-order valence-electron chi connectivity index (χ1n) is 17.2. The topological polar surface area (TPSA) is 375 Å². The number of rotatable bonds is 16. The van der Waals surface area contributed by atoms with Gasteiger partial charge in [0.2, 0.25) is 12.3 Å². The van der Waals surface area contributed by atoms with E-state index in [4.69, 9.17) is 37.9 Å². The first-order valence-corrected chi connectivity index (χ1v) is 17.2. The summed E-state index contributed by atoms with van der Waals surface area (Å²) >= 11 is 0. The third-order valence-corrected chi connectivity index (χ3v) is 9.53. The number of hydrogen-bond donors (Lipinski definition) is 14. The zero-order valence-electron chi connectivity index (χ0n) is 29.2. The lowest BCUT2D eigenvalue weighted by Crippen LogP contribution is -2.69. The first-order chi connectivity index (χ1) is 25.6. The monoisotopic (exact) mass is 792 g/mol. The molecule has 24 heteroatoms. The lowest BCUT2D eigenvalue weighted by atomic mass is 9.94. The number of carbonyl (C=O) groups excluding carboxylic acids is 2. The Kier molecular flexibility index (Phi) is 16.6. The Morgan fingerprint density at radius 2 is 1.07 bits per heavy atom. The highest BCUT2D eigenvalue weighted by molar-refractivity contribution is 5.73. The molecule has 2 amide bonds. The predicted molar refractivity (Wildman–Crippen MR) is 168 cm³/mol. The maximum atomic E-state index is 12.2. The van der Waals surface area contributed by atoms with E-state index in [0.717, 1.165) is 6.92 Å². The van der Waals surface area contributed by atoms with E-state index >= 15 is 0 Å². The van der Waals surface area contributed by atoms with Crippen LogP contribution in [0.4, 0.5) is 0 Å². The smallest absolute Gasteiger partial charge is 0.217 e. The average molecular weight is 793 g/mol. The van der Waals surface area contributed by atoms with Gasteiger partial charge in [0.15, 0.2) is 25.2 Å². The lowest BCUT2D eigenvalue weighted by Gasteiger charge is -2.49. The number of ether oxygens (including phenoxy) is 8. The molecule has 0 aromatic rings. The number of amides is 2. The minimum Gasteiger partial charge on any atom is -0.394 e. The van der Waals surface area contributed by atoms with E-state index in [0.29, 0.717) is 6.41 Å². The van der Waals surface area contributed by atoms with Gasteiger partial charge in [0.25, 0.3) is 0 Å². The third-order valence-electron chi connectivity index (χ3n) is 9.53. The summed E-state index contributed by atoms with van der Waals surface area (Å²) in [5.74, 6) is -0.724. The summed E-state index contributed by atoms with van der Waals surface area (Å²) in [6, 6.07) is -2.45. The second kappa shape index (κ2) is 20.0. The molecule has 0 saturated carbocycles. The lowest BCUT2D eigenvalue weighted by molar-refractivity contribution is -0.380. The Morgan fingerprint density at radius 1 is 0.630 bits per heavy atom. The van der Waals surface area contributed by atoms with Crippen molar-refractivity contribution < 1.29 is 109 Å². The van der Waals surface area contributed by atoms with Crippen LogP contribution in [-0.2, 0) is 47.5 Å². The van der Waals surface area contributed by atoms with Gasteiger partial charge in [0, 0.05) is 6.92 Å². The van der Waals surface area contributed by atoms with Gasteiger partial charge in [0.1, 0.15) is 91.5 Å². The minimum atomic E-state index is -2.04. The average Bonchev–Trinajstić information content (AvgIpc) is 3.15. The predicted octanol–water partition coefficient (Wildman–Crippen LogP) is -9.45. The molecule has 24 nitrogen and oxygen atoms in total. The summed E-state index contributed by atoms with van der Waals surface area (Å²) in [5.41, 5.74) is 0. The number of aliphatic hydroxyl groups is 12. The largest absolute Gasteiger partial charge is 0.394 e. The fourth-order valence-electron chi connectivity index (χ4n) is 6.48. The van der Waals surface area contributed by atoms with Crippen molar-refractivity contribution in [3.05, 3.63) is 0 Å². The van der Waals surface area contributed by atoms with Gasteiger partial charge in [-0.2, -0.15) is 0 Å². The van der Waals surface area contributed by atoms with Crippen LogP contribution >= 0.6 is 0 Å². The summed E-state index contributed by atoms with van der Waals surface area (Å²) in [6.45, 7) is -1.05. The molecule has 21 atom stereocenters. The fraction of sp³-hybridized carbons (Fsp3) is 0.933. The number of nitrogens with one attached hydrogen (secondary N) is 2. The molecule has 0 aromatic carbocycles. The molecule has 314 valence electrons. The summed E-state index contributed by atoms with van der Waals surface area (Å²) in [5, 5.41) is 130. The maximum Gasteiger partial charge on any atom is 0.217 e. The van der Waals surface area contributed by atoms with E-state index in [1.165, 1.54) is 6.92 Å². The van der Waals surface area contributed by atoms with Crippen LogP contribution in [0, 0.1) is 0 Å². The van der Waals surface area contributed by atoms with E-state index in [1.807, 2.05) is 0 Å². The molecule has 54 heavy (non-hydrogen) atoms. The van der Waals surface area contributed by atoms with Gasteiger partial charge in [0.05, 0.1) is 45.2 Å². The van der Waals surface area contributed by atoms with Crippen LogP contribution in [0.5, 0.6) is 0 Å². The summed E-state index contributed by atoms with van der Waals surface area (Å²) in [7, 11) is 0. The molecular weight excluding hydrogens is 740 g/mol. The van der Waals surface area contributed by atoms with Gasteiger partial charge in [-0.05, 0) is 6.92 Å². The van der Waals surface area contributed by atoms with E-state index in [2.05, 4.69) is 10.6 Å². The van der Waals surface area contributed by atoms with Crippen LogP contribution in [-0.4, -0.2) is 235 Å². The minimum absolute atomic E-state index is 0.308. The molecule has 0 bridgehead atoms. The van der Waals surface area contributed by atoms with E-state index in [1.54, 1.807) is 0 Å². The highest BCUT2D eigenvalue weighted by atomic mass is 16.8. The summed E-state index contributed by atoms with van der Waals surface area (Å²) < 4.78 is 44.9. The Morgan fingerprint density at radius 3 is 1.57 bits per heavy atom. The van der Waals surface area contributed by atoms with Gasteiger partial charge in [-0.15, -0.1) is 0 Å². The molecule has 0 spiro atoms. The Bertz CT molecular complexity index is 1170. The molecule has 4 aliphatic heterocycles. The normalized spacial score (nSPS) is 46.4. The molecule has 0 aromatic heterocycles. The molecule has 14 N–H and O–H groups in total. The summed E-state index contributed by atoms with van der Waals surface area (Å²) in [4.78, 5) is 22.9. The SMILES string of the molecule is CC(=O)N[C@H]1[C@H](O[C@@H]2[C@H](O)[C@@H](O)[C@H](O[C@H]3[C@H](O)[C@@H](O)[C@H](OC[C@@H](CO)NC=O)O[C@@H]3CO)O[C@@H]2CO)O[C@H](CO)[C@H](O[C@@H]2O[C@@H](C)[C@@H](O)[C@@H](O)[C@@H]2O)[C@@H]1O. The van der Waals surface area contributed by atoms with Crippen molar-refractivity contribution in [3.8, 4) is 0 Å². The molecule has 4 heterocycles. The van der Waals surface area contributed by atoms with Crippen molar-refractivity contribution >= 4 is 12.3 Å². The van der Waals surface area contributed by atoms with Gasteiger partial charge >= 0.3 is 0 Å². The van der Waals surface area contributed by atoms with Gasteiger partial charge in [-0.3, -0.25) is 9.59 Å². The van der Waals surface area contributed by atoms with E-state index in [9.17, 15) is 70.9 Å². The van der Waals surface area contributed by atoms with Crippen LogP contribution in [0.2, 0.25) is 0 Å². The van der Waals surface area contributed by atoms with Crippen LogP contribution < -0.4 is 10.6 Å². The molecule has 4 fully saturated rings.